The molecule has 0 N–H and O–H groups in total. The SMILES string of the molecule is C=CC1C=CCCC1C=C. The second kappa shape index (κ2) is 3.40. The summed E-state index contributed by atoms with van der Waals surface area (Å²) in [5, 5.41) is 0. The van der Waals surface area contributed by atoms with E-state index in [9.17, 15) is 0 Å². The van der Waals surface area contributed by atoms with E-state index in [1.54, 1.807) is 0 Å². The zero-order valence-corrected chi connectivity index (χ0v) is 6.29. The van der Waals surface area contributed by atoms with Gasteiger partial charge in [-0.1, -0.05) is 24.3 Å². The molecular weight excluding hydrogens is 120 g/mol. The molecule has 10 heavy (non-hydrogen) atoms. The zero-order valence-electron chi connectivity index (χ0n) is 6.29. The summed E-state index contributed by atoms with van der Waals surface area (Å²) in [7, 11) is 0. The van der Waals surface area contributed by atoms with Crippen molar-refractivity contribution >= 4 is 0 Å². The van der Waals surface area contributed by atoms with E-state index in [1.807, 2.05) is 12.2 Å². The van der Waals surface area contributed by atoms with Crippen LogP contribution in [0, 0.1) is 11.8 Å². The summed E-state index contributed by atoms with van der Waals surface area (Å²) in [6.07, 6.45) is 10.9. The number of hydrogen-bond donors (Lipinski definition) is 0. The molecule has 0 aromatic heterocycles. The predicted octanol–water partition coefficient (Wildman–Crippen LogP) is 2.94. The summed E-state index contributed by atoms with van der Waals surface area (Å²) in [6, 6.07) is 0. The maximum absolute atomic E-state index is 3.80. The van der Waals surface area contributed by atoms with Crippen LogP contribution in [0.4, 0.5) is 0 Å². The van der Waals surface area contributed by atoms with Gasteiger partial charge in [-0.15, -0.1) is 13.2 Å². The molecule has 0 amide bonds. The highest BCUT2D eigenvalue weighted by atomic mass is 14.2. The van der Waals surface area contributed by atoms with Crippen LogP contribution in [0.25, 0.3) is 0 Å². The molecule has 1 aliphatic rings. The molecule has 2 unspecified atom stereocenters. The molecule has 0 radical (unpaired) electrons. The van der Waals surface area contributed by atoms with Crippen LogP contribution in [0.2, 0.25) is 0 Å². The van der Waals surface area contributed by atoms with Crippen LogP contribution < -0.4 is 0 Å². The highest BCUT2D eigenvalue weighted by molar-refractivity contribution is 5.08. The van der Waals surface area contributed by atoms with E-state index in [0.29, 0.717) is 11.8 Å². The minimum Gasteiger partial charge on any atom is -0.103 e. The molecule has 0 nitrogen and oxygen atoms in total. The van der Waals surface area contributed by atoms with Gasteiger partial charge in [0.1, 0.15) is 0 Å². The Kier molecular flexibility index (Phi) is 2.49. The van der Waals surface area contributed by atoms with Crippen LogP contribution in [-0.4, -0.2) is 0 Å². The first kappa shape index (κ1) is 7.33. The Hall–Kier alpha value is -0.780. The first-order valence-electron chi connectivity index (χ1n) is 3.80. The Morgan fingerprint density at radius 2 is 2.10 bits per heavy atom. The van der Waals surface area contributed by atoms with Gasteiger partial charge in [0.2, 0.25) is 0 Å². The van der Waals surface area contributed by atoms with Crippen LogP contribution in [0.3, 0.4) is 0 Å². The predicted molar refractivity (Wildman–Crippen MR) is 45.7 cm³/mol. The lowest BCUT2D eigenvalue weighted by molar-refractivity contribution is 0.498. The van der Waals surface area contributed by atoms with Crippen LogP contribution in [0.15, 0.2) is 37.5 Å². The summed E-state index contributed by atoms with van der Waals surface area (Å²) in [4.78, 5) is 0. The van der Waals surface area contributed by atoms with E-state index in [1.165, 1.54) is 12.8 Å². The van der Waals surface area contributed by atoms with Crippen LogP contribution >= 0.6 is 0 Å². The van der Waals surface area contributed by atoms with Gasteiger partial charge in [0.25, 0.3) is 0 Å². The average molecular weight is 134 g/mol. The Morgan fingerprint density at radius 3 is 2.60 bits per heavy atom. The number of rotatable bonds is 2. The molecule has 54 valence electrons. The second-order valence-electron chi connectivity index (χ2n) is 2.72. The maximum atomic E-state index is 3.80. The van der Waals surface area contributed by atoms with Gasteiger partial charge in [-0.05, 0) is 18.8 Å². The zero-order chi connectivity index (χ0) is 7.40. The molecule has 2 atom stereocenters. The first-order valence-corrected chi connectivity index (χ1v) is 3.80. The molecule has 0 fully saturated rings. The van der Waals surface area contributed by atoms with Crippen molar-refractivity contribution in [3.8, 4) is 0 Å². The third kappa shape index (κ3) is 1.38. The molecule has 1 aliphatic carbocycles. The molecule has 0 heterocycles. The van der Waals surface area contributed by atoms with Crippen molar-refractivity contribution < 1.29 is 0 Å². The van der Waals surface area contributed by atoms with Gasteiger partial charge in [-0.3, -0.25) is 0 Å². The molecule has 1 rings (SSSR count). The molecule has 0 bridgehead atoms. The normalized spacial score (nSPS) is 31.6. The third-order valence-corrected chi connectivity index (χ3v) is 2.09. The molecular formula is C10H14. The van der Waals surface area contributed by atoms with Crippen LogP contribution in [0.1, 0.15) is 12.8 Å². The van der Waals surface area contributed by atoms with E-state index in [-0.39, 0.29) is 0 Å². The van der Waals surface area contributed by atoms with Crippen LogP contribution in [-0.2, 0) is 0 Å². The van der Waals surface area contributed by atoms with Gasteiger partial charge >= 0.3 is 0 Å². The second-order valence-corrected chi connectivity index (χ2v) is 2.72. The topological polar surface area (TPSA) is 0 Å². The van der Waals surface area contributed by atoms with E-state index < -0.39 is 0 Å². The summed E-state index contributed by atoms with van der Waals surface area (Å²) >= 11 is 0. The summed E-state index contributed by atoms with van der Waals surface area (Å²) in [5.41, 5.74) is 0. The molecule has 0 aromatic carbocycles. The third-order valence-electron chi connectivity index (χ3n) is 2.09. The average Bonchev–Trinajstić information content (AvgIpc) is 2.04. The number of allylic oxidation sites excluding steroid dienone is 4. The summed E-state index contributed by atoms with van der Waals surface area (Å²) < 4.78 is 0. The minimum atomic E-state index is 0.534. The fourth-order valence-corrected chi connectivity index (χ4v) is 1.41. The summed E-state index contributed by atoms with van der Waals surface area (Å²) in [6.45, 7) is 7.58. The molecule has 0 heteroatoms. The van der Waals surface area contributed by atoms with Crippen molar-refractivity contribution in [2.75, 3.05) is 0 Å². The van der Waals surface area contributed by atoms with Gasteiger partial charge < -0.3 is 0 Å². The molecule has 0 saturated carbocycles. The monoisotopic (exact) mass is 134 g/mol. The lowest BCUT2D eigenvalue weighted by Crippen LogP contribution is -2.10. The Balaban J connectivity index is 2.64. The highest BCUT2D eigenvalue weighted by Crippen LogP contribution is 2.25. The van der Waals surface area contributed by atoms with Crippen molar-refractivity contribution in [3.63, 3.8) is 0 Å². The lowest BCUT2D eigenvalue weighted by Gasteiger charge is -2.21. The van der Waals surface area contributed by atoms with Gasteiger partial charge in [-0.25, -0.2) is 0 Å². The standard InChI is InChI=1S/C10H14/c1-3-9-7-5-6-8-10(9)4-2/h3-5,7,9-10H,1-2,6,8H2. The van der Waals surface area contributed by atoms with Crippen LogP contribution in [0.5, 0.6) is 0 Å². The van der Waals surface area contributed by atoms with E-state index in [4.69, 9.17) is 0 Å². The Labute approximate surface area is 62.9 Å². The van der Waals surface area contributed by atoms with Gasteiger partial charge in [0, 0.05) is 5.92 Å². The Morgan fingerprint density at radius 1 is 1.30 bits per heavy atom. The lowest BCUT2D eigenvalue weighted by atomic mass is 9.84. The molecule has 0 saturated heterocycles. The highest BCUT2D eigenvalue weighted by Gasteiger charge is 2.14. The smallest absolute Gasteiger partial charge is 0.000670 e. The van der Waals surface area contributed by atoms with Crippen molar-refractivity contribution in [1.82, 2.24) is 0 Å². The van der Waals surface area contributed by atoms with Crippen molar-refractivity contribution in [3.05, 3.63) is 37.5 Å². The first-order chi connectivity index (χ1) is 4.88. The van der Waals surface area contributed by atoms with E-state index in [0.717, 1.165) is 0 Å². The number of hydrogen-bond acceptors (Lipinski definition) is 0. The molecule has 0 aromatic rings. The fraction of sp³-hybridized carbons (Fsp3) is 0.400. The van der Waals surface area contributed by atoms with Gasteiger partial charge in [-0.2, -0.15) is 0 Å². The van der Waals surface area contributed by atoms with Crippen molar-refractivity contribution in [2.45, 2.75) is 12.8 Å². The fourth-order valence-electron chi connectivity index (χ4n) is 1.41. The minimum absolute atomic E-state index is 0.534. The van der Waals surface area contributed by atoms with E-state index in [2.05, 4.69) is 25.3 Å². The Bertz CT molecular complexity index is 153. The van der Waals surface area contributed by atoms with Crippen molar-refractivity contribution in [2.24, 2.45) is 11.8 Å². The molecule has 0 spiro atoms. The van der Waals surface area contributed by atoms with Crippen molar-refractivity contribution in [1.29, 1.82) is 0 Å². The van der Waals surface area contributed by atoms with Gasteiger partial charge in [0.15, 0.2) is 0 Å². The van der Waals surface area contributed by atoms with Gasteiger partial charge in [0.05, 0.1) is 0 Å². The maximum Gasteiger partial charge on any atom is 0.000670 e. The molecule has 0 aliphatic heterocycles. The summed E-state index contributed by atoms with van der Waals surface area (Å²) in [5.74, 6) is 1.16. The van der Waals surface area contributed by atoms with E-state index >= 15 is 0 Å². The largest absolute Gasteiger partial charge is 0.103 e. The quantitative estimate of drug-likeness (QED) is 0.509.